The number of hydrogen-bond acceptors (Lipinski definition) is 1. The largest absolute Gasteiger partial charge is 0.365 e. The van der Waals surface area contributed by atoms with E-state index >= 15 is 0 Å². The Balaban J connectivity index is 2.64. The average molecular weight is 228 g/mol. The van der Waals surface area contributed by atoms with Gasteiger partial charge in [0.15, 0.2) is 6.04 Å². The smallest absolute Gasteiger partial charge is 0.275 e. The van der Waals surface area contributed by atoms with E-state index in [-0.39, 0.29) is 18.0 Å². The average Bonchev–Trinajstić information content (AvgIpc) is 2.18. The molecule has 0 radical (unpaired) electrons. The minimum atomic E-state index is -0.296. The van der Waals surface area contributed by atoms with Crippen LogP contribution >= 0.6 is 11.6 Å². The molecule has 0 aromatic heterocycles. The maximum Gasteiger partial charge on any atom is 0.275 e. The first-order chi connectivity index (χ1) is 7.00. The summed E-state index contributed by atoms with van der Waals surface area (Å²) in [6.45, 7) is 3.83. The van der Waals surface area contributed by atoms with E-state index < -0.39 is 0 Å². The van der Waals surface area contributed by atoms with E-state index in [4.69, 9.17) is 17.3 Å². The number of nitrogens with two attached hydrogens (primary N) is 2. The lowest BCUT2D eigenvalue weighted by molar-refractivity contribution is -0.710. The van der Waals surface area contributed by atoms with Crippen molar-refractivity contribution in [2.24, 2.45) is 5.73 Å². The number of carbonyl (C=O) groups is 1. The molecule has 3 nitrogen and oxygen atoms in total. The first kappa shape index (κ1) is 12.0. The molecular formula is C11H16ClN2O+. The van der Waals surface area contributed by atoms with E-state index in [0.29, 0.717) is 5.02 Å². The van der Waals surface area contributed by atoms with Gasteiger partial charge in [0.05, 0.1) is 0 Å². The van der Waals surface area contributed by atoms with E-state index in [0.717, 1.165) is 5.56 Å². The summed E-state index contributed by atoms with van der Waals surface area (Å²) in [7, 11) is 0. The minimum Gasteiger partial charge on any atom is -0.365 e. The molecule has 0 saturated carbocycles. The summed E-state index contributed by atoms with van der Waals surface area (Å²) in [5.41, 5.74) is 6.33. The number of quaternary nitrogens is 1. The lowest BCUT2D eigenvalue weighted by Gasteiger charge is -2.14. The molecule has 0 aliphatic rings. The molecule has 4 N–H and O–H groups in total. The molecule has 0 bridgehead atoms. The summed E-state index contributed by atoms with van der Waals surface area (Å²) in [6, 6.07) is 7.58. The van der Waals surface area contributed by atoms with Crippen LogP contribution in [0.3, 0.4) is 0 Å². The molecule has 2 atom stereocenters. The summed E-state index contributed by atoms with van der Waals surface area (Å²) in [5.74, 6) is -0.296. The third-order valence-corrected chi connectivity index (χ3v) is 2.67. The Bertz CT molecular complexity index is 337. The SMILES string of the molecule is C[C@@H]([NH2+][C@H](C)c1ccc(Cl)cc1)C(N)=O. The van der Waals surface area contributed by atoms with Crippen molar-refractivity contribution in [2.75, 3.05) is 0 Å². The number of benzene rings is 1. The van der Waals surface area contributed by atoms with Crippen LogP contribution in [0.2, 0.25) is 5.02 Å². The van der Waals surface area contributed by atoms with Crippen molar-refractivity contribution in [1.82, 2.24) is 0 Å². The summed E-state index contributed by atoms with van der Waals surface area (Å²) >= 11 is 5.79. The molecule has 82 valence electrons. The zero-order chi connectivity index (χ0) is 11.4. The fourth-order valence-corrected chi connectivity index (χ4v) is 1.53. The number of hydrogen-bond donors (Lipinski definition) is 2. The van der Waals surface area contributed by atoms with Gasteiger partial charge in [0.25, 0.3) is 5.91 Å². The molecule has 0 spiro atoms. The van der Waals surface area contributed by atoms with E-state index in [1.54, 1.807) is 6.92 Å². The van der Waals surface area contributed by atoms with Crippen LogP contribution in [0.25, 0.3) is 0 Å². The normalized spacial score (nSPS) is 14.6. The highest BCUT2D eigenvalue weighted by Crippen LogP contribution is 2.13. The van der Waals surface area contributed by atoms with Crippen LogP contribution in [0, 0.1) is 0 Å². The van der Waals surface area contributed by atoms with Crippen LogP contribution in [0.5, 0.6) is 0 Å². The lowest BCUT2D eigenvalue weighted by atomic mass is 10.1. The van der Waals surface area contributed by atoms with Crippen LogP contribution in [-0.2, 0) is 4.79 Å². The van der Waals surface area contributed by atoms with Gasteiger partial charge in [0, 0.05) is 10.6 Å². The van der Waals surface area contributed by atoms with Gasteiger partial charge in [-0.15, -0.1) is 0 Å². The molecule has 1 rings (SSSR count). The van der Waals surface area contributed by atoms with Crippen molar-refractivity contribution in [2.45, 2.75) is 25.9 Å². The molecule has 0 saturated heterocycles. The number of primary amides is 1. The molecule has 0 fully saturated rings. The van der Waals surface area contributed by atoms with Gasteiger partial charge in [-0.3, -0.25) is 4.79 Å². The zero-order valence-corrected chi connectivity index (χ0v) is 9.66. The monoisotopic (exact) mass is 227 g/mol. The predicted molar refractivity (Wildman–Crippen MR) is 60.4 cm³/mol. The Morgan fingerprint density at radius 3 is 2.33 bits per heavy atom. The molecule has 0 unspecified atom stereocenters. The summed E-state index contributed by atoms with van der Waals surface area (Å²) < 4.78 is 0. The van der Waals surface area contributed by atoms with Gasteiger partial charge < -0.3 is 11.1 Å². The Morgan fingerprint density at radius 1 is 1.33 bits per heavy atom. The molecule has 0 aliphatic carbocycles. The highest BCUT2D eigenvalue weighted by molar-refractivity contribution is 6.30. The Kier molecular flexibility index (Phi) is 4.12. The van der Waals surface area contributed by atoms with E-state index in [1.807, 2.05) is 36.5 Å². The molecule has 1 aromatic rings. The van der Waals surface area contributed by atoms with Gasteiger partial charge in [-0.1, -0.05) is 23.7 Å². The fraction of sp³-hybridized carbons (Fsp3) is 0.364. The van der Waals surface area contributed by atoms with Crippen molar-refractivity contribution in [3.63, 3.8) is 0 Å². The molecule has 15 heavy (non-hydrogen) atoms. The van der Waals surface area contributed by atoms with E-state index in [2.05, 4.69) is 0 Å². The third-order valence-electron chi connectivity index (χ3n) is 2.42. The number of amides is 1. The molecule has 4 heteroatoms. The molecule has 0 heterocycles. The molecular weight excluding hydrogens is 212 g/mol. The second kappa shape index (κ2) is 5.14. The zero-order valence-electron chi connectivity index (χ0n) is 8.91. The van der Waals surface area contributed by atoms with Gasteiger partial charge in [-0.2, -0.15) is 0 Å². The van der Waals surface area contributed by atoms with Crippen LogP contribution in [0.1, 0.15) is 25.5 Å². The number of halogens is 1. The predicted octanol–water partition coefficient (Wildman–Crippen LogP) is 0.838. The highest BCUT2D eigenvalue weighted by Gasteiger charge is 2.17. The van der Waals surface area contributed by atoms with Crippen LogP contribution < -0.4 is 11.1 Å². The summed E-state index contributed by atoms with van der Waals surface area (Å²) in [5, 5.41) is 2.65. The van der Waals surface area contributed by atoms with Gasteiger partial charge in [0.1, 0.15) is 6.04 Å². The van der Waals surface area contributed by atoms with Crippen LogP contribution in [-0.4, -0.2) is 11.9 Å². The highest BCUT2D eigenvalue weighted by atomic mass is 35.5. The van der Waals surface area contributed by atoms with Crippen molar-refractivity contribution in [3.05, 3.63) is 34.9 Å². The number of rotatable bonds is 4. The number of carbonyl (C=O) groups excluding carboxylic acids is 1. The Labute approximate surface area is 94.6 Å². The standard InChI is InChI=1S/C11H15ClN2O/c1-7(14-8(2)11(13)15)9-3-5-10(12)6-4-9/h3-8,14H,1-2H3,(H2,13,15)/p+1/t7-,8-/m1/s1. The maximum atomic E-state index is 10.9. The maximum absolute atomic E-state index is 10.9. The molecule has 1 amide bonds. The van der Waals surface area contributed by atoms with E-state index in [1.165, 1.54) is 0 Å². The van der Waals surface area contributed by atoms with Crippen molar-refractivity contribution >= 4 is 17.5 Å². The molecule has 0 aliphatic heterocycles. The van der Waals surface area contributed by atoms with E-state index in [9.17, 15) is 4.79 Å². The lowest BCUT2D eigenvalue weighted by Crippen LogP contribution is -2.92. The molecule has 1 aromatic carbocycles. The second-order valence-corrected chi connectivity index (χ2v) is 4.16. The third kappa shape index (κ3) is 3.53. The van der Waals surface area contributed by atoms with Gasteiger partial charge in [-0.25, -0.2) is 0 Å². The fourth-order valence-electron chi connectivity index (χ4n) is 1.41. The van der Waals surface area contributed by atoms with Crippen molar-refractivity contribution in [1.29, 1.82) is 0 Å². The van der Waals surface area contributed by atoms with Crippen molar-refractivity contribution in [3.8, 4) is 0 Å². The van der Waals surface area contributed by atoms with Crippen molar-refractivity contribution < 1.29 is 10.1 Å². The Hall–Kier alpha value is -1.06. The van der Waals surface area contributed by atoms with Crippen LogP contribution in [0.4, 0.5) is 0 Å². The first-order valence-electron chi connectivity index (χ1n) is 4.90. The summed E-state index contributed by atoms with van der Waals surface area (Å²) in [6.07, 6.45) is 0. The van der Waals surface area contributed by atoms with Crippen LogP contribution in [0.15, 0.2) is 24.3 Å². The first-order valence-corrected chi connectivity index (χ1v) is 5.28. The minimum absolute atomic E-state index is 0.199. The second-order valence-electron chi connectivity index (χ2n) is 3.72. The topological polar surface area (TPSA) is 59.7 Å². The quantitative estimate of drug-likeness (QED) is 0.787. The summed E-state index contributed by atoms with van der Waals surface area (Å²) in [4.78, 5) is 10.9. The van der Waals surface area contributed by atoms with Gasteiger partial charge in [-0.05, 0) is 26.0 Å². The van der Waals surface area contributed by atoms with Gasteiger partial charge >= 0.3 is 0 Å². The Morgan fingerprint density at radius 2 is 1.87 bits per heavy atom. The van der Waals surface area contributed by atoms with Gasteiger partial charge in [0.2, 0.25) is 0 Å².